The van der Waals surface area contributed by atoms with Gasteiger partial charge in [0.25, 0.3) is 0 Å². The quantitative estimate of drug-likeness (QED) is 0.822. The maximum Gasteiger partial charge on any atom is 0.315 e. The molecule has 0 radical (unpaired) electrons. The number of aromatic nitrogens is 1. The van der Waals surface area contributed by atoms with Gasteiger partial charge in [-0.15, -0.1) is 11.3 Å². The van der Waals surface area contributed by atoms with E-state index in [4.69, 9.17) is 4.74 Å². The van der Waals surface area contributed by atoms with Crippen molar-refractivity contribution in [2.24, 2.45) is 5.41 Å². The maximum absolute atomic E-state index is 12.4. The third-order valence-electron chi connectivity index (χ3n) is 4.57. The van der Waals surface area contributed by atoms with Crippen molar-refractivity contribution in [1.82, 2.24) is 15.6 Å². The molecule has 0 bridgehead atoms. The van der Waals surface area contributed by atoms with Crippen LogP contribution in [-0.4, -0.2) is 37.3 Å². The van der Waals surface area contributed by atoms with Crippen molar-refractivity contribution >= 4 is 23.2 Å². The summed E-state index contributed by atoms with van der Waals surface area (Å²) in [6.45, 7) is 10.1. The summed E-state index contributed by atoms with van der Waals surface area (Å²) >= 11 is 1.66. The Morgan fingerprint density at radius 2 is 2.07 bits per heavy atom. The second-order valence-corrected chi connectivity index (χ2v) is 8.74. The van der Waals surface area contributed by atoms with E-state index in [1.807, 2.05) is 29.8 Å². The highest BCUT2D eigenvalue weighted by molar-refractivity contribution is 7.10. The number of anilines is 1. The van der Waals surface area contributed by atoms with E-state index in [-0.39, 0.29) is 17.5 Å². The minimum absolute atomic E-state index is 0.0284. The lowest BCUT2D eigenvalue weighted by atomic mass is 9.86. The number of hydrogen-bond donors (Lipinski definition) is 2. The summed E-state index contributed by atoms with van der Waals surface area (Å²) in [7, 11) is 0. The van der Waals surface area contributed by atoms with Gasteiger partial charge in [0.05, 0.1) is 19.3 Å². The van der Waals surface area contributed by atoms with Gasteiger partial charge in [-0.3, -0.25) is 0 Å². The lowest BCUT2D eigenvalue weighted by molar-refractivity contribution is 0.122. The van der Waals surface area contributed by atoms with Crippen LogP contribution in [0.25, 0.3) is 0 Å². The topological polar surface area (TPSA) is 66.5 Å². The molecule has 2 N–H and O–H groups in total. The molecule has 1 saturated heterocycles. The van der Waals surface area contributed by atoms with Crippen LogP contribution in [0, 0.1) is 5.41 Å². The van der Waals surface area contributed by atoms with Crippen molar-refractivity contribution in [3.63, 3.8) is 0 Å². The average molecular weight is 389 g/mol. The number of rotatable bonds is 5. The Kier molecular flexibility index (Phi) is 6.34. The van der Waals surface area contributed by atoms with Crippen molar-refractivity contribution in [2.45, 2.75) is 33.4 Å². The number of carbonyl (C=O) groups is 1. The minimum Gasteiger partial charge on any atom is -0.378 e. The molecule has 7 heteroatoms. The molecule has 2 aromatic heterocycles. The Morgan fingerprint density at radius 1 is 1.30 bits per heavy atom. The standard InChI is InChI=1S/C20H28N4O2S/c1-20(2,3)18(16-5-4-12-27-16)23-19(25)22-14-15-6-7-17(21-13-15)24-8-10-26-11-9-24/h4-7,12-13,18H,8-11,14H2,1-3H3,(H2,22,23,25). The zero-order valence-corrected chi connectivity index (χ0v) is 17.0. The summed E-state index contributed by atoms with van der Waals surface area (Å²) in [4.78, 5) is 20.3. The smallest absolute Gasteiger partial charge is 0.315 e. The third-order valence-corrected chi connectivity index (χ3v) is 5.50. The van der Waals surface area contributed by atoms with Crippen LogP contribution in [0.15, 0.2) is 35.8 Å². The van der Waals surface area contributed by atoms with Gasteiger partial charge >= 0.3 is 6.03 Å². The van der Waals surface area contributed by atoms with E-state index < -0.39 is 0 Å². The van der Waals surface area contributed by atoms with Gasteiger partial charge in [-0.2, -0.15) is 0 Å². The van der Waals surface area contributed by atoms with E-state index in [9.17, 15) is 4.79 Å². The fourth-order valence-electron chi connectivity index (χ4n) is 3.04. The van der Waals surface area contributed by atoms with Gasteiger partial charge in [0.1, 0.15) is 5.82 Å². The zero-order valence-electron chi connectivity index (χ0n) is 16.2. The molecular formula is C20H28N4O2S. The van der Waals surface area contributed by atoms with Crippen LogP contribution in [0.5, 0.6) is 0 Å². The van der Waals surface area contributed by atoms with Crippen molar-refractivity contribution in [1.29, 1.82) is 0 Å². The Hall–Kier alpha value is -2.12. The molecule has 0 saturated carbocycles. The molecule has 0 spiro atoms. The highest BCUT2D eigenvalue weighted by Gasteiger charge is 2.28. The Labute approximate surface area is 164 Å². The first-order valence-electron chi connectivity index (χ1n) is 9.29. The zero-order chi connectivity index (χ0) is 19.3. The largest absolute Gasteiger partial charge is 0.378 e. The van der Waals surface area contributed by atoms with Crippen LogP contribution in [0.2, 0.25) is 0 Å². The highest BCUT2D eigenvalue weighted by Crippen LogP contribution is 2.34. The molecule has 6 nitrogen and oxygen atoms in total. The van der Waals surface area contributed by atoms with Gasteiger partial charge in [-0.25, -0.2) is 9.78 Å². The minimum atomic E-state index is -0.166. The molecule has 2 aromatic rings. The number of nitrogens with zero attached hydrogens (tertiary/aromatic N) is 2. The summed E-state index contributed by atoms with van der Waals surface area (Å²) in [5, 5.41) is 8.09. The Balaban J connectivity index is 1.53. The van der Waals surface area contributed by atoms with E-state index >= 15 is 0 Å². The molecule has 2 amide bonds. The normalized spacial score (nSPS) is 16.0. The van der Waals surface area contributed by atoms with Gasteiger partial charge in [-0.05, 0) is 28.5 Å². The number of morpholine rings is 1. The third kappa shape index (κ3) is 5.43. The highest BCUT2D eigenvalue weighted by atomic mass is 32.1. The van der Waals surface area contributed by atoms with E-state index in [1.165, 1.54) is 0 Å². The second kappa shape index (κ2) is 8.71. The summed E-state index contributed by atoms with van der Waals surface area (Å²) in [5.74, 6) is 0.956. The van der Waals surface area contributed by atoms with Crippen molar-refractivity contribution in [3.05, 3.63) is 46.3 Å². The first-order chi connectivity index (χ1) is 12.9. The van der Waals surface area contributed by atoms with E-state index in [1.54, 1.807) is 11.3 Å². The van der Waals surface area contributed by atoms with Gasteiger partial charge in [0, 0.05) is 30.7 Å². The summed E-state index contributed by atoms with van der Waals surface area (Å²) in [6.07, 6.45) is 1.82. The number of nitrogens with one attached hydrogen (secondary N) is 2. The molecule has 146 valence electrons. The SMILES string of the molecule is CC(C)(C)C(NC(=O)NCc1ccc(N2CCOCC2)nc1)c1cccs1. The predicted octanol–water partition coefficient (Wildman–Crippen LogP) is 3.57. The Bertz CT molecular complexity index is 719. The molecular weight excluding hydrogens is 360 g/mol. The lowest BCUT2D eigenvalue weighted by Gasteiger charge is -2.30. The molecule has 1 atom stereocenters. The van der Waals surface area contributed by atoms with Gasteiger partial charge < -0.3 is 20.3 Å². The molecule has 1 unspecified atom stereocenters. The van der Waals surface area contributed by atoms with E-state index in [0.717, 1.165) is 42.6 Å². The maximum atomic E-state index is 12.4. The molecule has 0 aliphatic carbocycles. The first-order valence-corrected chi connectivity index (χ1v) is 10.2. The van der Waals surface area contributed by atoms with Crippen LogP contribution in [0.4, 0.5) is 10.6 Å². The van der Waals surface area contributed by atoms with Crippen molar-refractivity contribution in [3.8, 4) is 0 Å². The second-order valence-electron chi connectivity index (χ2n) is 7.77. The van der Waals surface area contributed by atoms with Crippen molar-refractivity contribution in [2.75, 3.05) is 31.2 Å². The van der Waals surface area contributed by atoms with Gasteiger partial charge in [-0.1, -0.05) is 32.9 Å². The molecule has 3 rings (SSSR count). The van der Waals surface area contributed by atoms with Gasteiger partial charge in [0.2, 0.25) is 0 Å². The monoisotopic (exact) mass is 388 g/mol. The number of amides is 2. The fraction of sp³-hybridized carbons (Fsp3) is 0.500. The predicted molar refractivity (Wildman–Crippen MR) is 109 cm³/mol. The number of pyridine rings is 1. The molecule has 3 heterocycles. The van der Waals surface area contributed by atoms with Crippen LogP contribution < -0.4 is 15.5 Å². The molecule has 0 aromatic carbocycles. The Morgan fingerprint density at radius 3 is 2.67 bits per heavy atom. The van der Waals surface area contributed by atoms with E-state index in [2.05, 4.69) is 47.4 Å². The first kappa shape index (κ1) is 19.6. The summed E-state index contributed by atoms with van der Waals surface area (Å²) in [6, 6.07) is 7.90. The van der Waals surface area contributed by atoms with Crippen LogP contribution in [0.3, 0.4) is 0 Å². The molecule has 1 aliphatic heterocycles. The van der Waals surface area contributed by atoms with Crippen molar-refractivity contribution < 1.29 is 9.53 Å². The number of thiophene rings is 1. The molecule has 1 fully saturated rings. The van der Waals surface area contributed by atoms with Crippen LogP contribution in [0.1, 0.15) is 37.3 Å². The fourth-order valence-corrected chi connectivity index (χ4v) is 4.06. The van der Waals surface area contributed by atoms with E-state index in [0.29, 0.717) is 6.54 Å². The molecule has 27 heavy (non-hydrogen) atoms. The molecule has 1 aliphatic rings. The van der Waals surface area contributed by atoms with Gasteiger partial charge in [0.15, 0.2) is 0 Å². The average Bonchev–Trinajstić information content (AvgIpc) is 3.19. The number of hydrogen-bond acceptors (Lipinski definition) is 5. The van der Waals surface area contributed by atoms with Crippen LogP contribution >= 0.6 is 11.3 Å². The number of ether oxygens (including phenoxy) is 1. The lowest BCUT2D eigenvalue weighted by Crippen LogP contribution is -2.42. The summed E-state index contributed by atoms with van der Waals surface area (Å²) < 4.78 is 5.37. The van der Waals surface area contributed by atoms with Crippen LogP contribution in [-0.2, 0) is 11.3 Å². The number of carbonyl (C=O) groups excluding carboxylic acids is 1. The summed E-state index contributed by atoms with van der Waals surface area (Å²) in [5.41, 5.74) is 0.911. The number of urea groups is 1.